The van der Waals surface area contributed by atoms with Crippen LogP contribution >= 0.6 is 0 Å². The van der Waals surface area contributed by atoms with Gasteiger partial charge in [-0.05, 0) is 96.1 Å². The van der Waals surface area contributed by atoms with Gasteiger partial charge in [0.1, 0.15) is 18.6 Å². The Labute approximate surface area is 562 Å². The summed E-state index contributed by atoms with van der Waals surface area (Å²) in [6.45, 7) is 1.90. The predicted octanol–water partition coefficient (Wildman–Crippen LogP) is 2.74. The Balaban J connectivity index is 0.000000515. The molecule has 16 nitrogen and oxygen atoms in total. The Morgan fingerprint density at radius 1 is 0.533 bits per heavy atom. The Kier molecular flexibility index (Phi) is 32.2. The zero-order valence-electron chi connectivity index (χ0n) is 45.5. The van der Waals surface area contributed by atoms with Crippen molar-refractivity contribution in [2.75, 3.05) is 128 Å². The van der Waals surface area contributed by atoms with E-state index < -0.39 is 5.97 Å². The minimum Gasteiger partial charge on any atom is -0.870 e. The summed E-state index contributed by atoms with van der Waals surface area (Å²) in [7, 11) is 18.1. The number of aldehydes is 1. The van der Waals surface area contributed by atoms with Crippen LogP contribution in [0.5, 0.6) is 0 Å². The number of benzene rings is 6. The third-order valence-corrected chi connectivity index (χ3v) is 12.7. The molecule has 0 saturated heterocycles. The number of carbonyl (C=O) groups excluding carboxylic acids is 2. The average molecular weight is 1260 g/mol. The van der Waals surface area contributed by atoms with E-state index in [1.54, 1.807) is 12.1 Å². The molecule has 0 fully saturated rings. The van der Waals surface area contributed by atoms with Crippen LogP contribution in [-0.2, 0) is 4.79 Å². The van der Waals surface area contributed by atoms with Gasteiger partial charge in [-0.2, -0.15) is 10.5 Å². The molecule has 8 rings (SSSR count). The van der Waals surface area contributed by atoms with E-state index in [0.717, 1.165) is 41.3 Å². The number of fused-ring (bicyclic) bond motifs is 2. The van der Waals surface area contributed by atoms with Crippen LogP contribution in [-0.4, -0.2) is 106 Å². The molecule has 6 aromatic carbocycles. The van der Waals surface area contributed by atoms with Crippen LogP contribution in [0, 0.1) is 22.7 Å². The van der Waals surface area contributed by atoms with Crippen molar-refractivity contribution in [3.8, 4) is 12.1 Å². The maximum absolute atomic E-state index is 10.6. The van der Waals surface area contributed by atoms with E-state index >= 15 is 0 Å². The van der Waals surface area contributed by atoms with Gasteiger partial charge >= 0.3 is 138 Å². The number of carboxylic acids is 1. The summed E-state index contributed by atoms with van der Waals surface area (Å²) in [6.07, 6.45) is 2.27. The van der Waals surface area contributed by atoms with Gasteiger partial charge in [-0.3, -0.25) is 4.79 Å². The van der Waals surface area contributed by atoms with Gasteiger partial charge in [-0.1, -0.05) is 60.7 Å². The topological polar surface area (TPSA) is 212 Å². The molecule has 0 aromatic heterocycles. The number of para-hydroxylation sites is 6. The Bertz CT molecular complexity index is 2640. The van der Waals surface area contributed by atoms with E-state index in [1.807, 2.05) is 93.6 Å². The molecule has 75 heavy (non-hydrogen) atoms. The Hall–Kier alpha value is -4.34. The zero-order valence-corrected chi connectivity index (χ0v) is 58.0. The van der Waals surface area contributed by atoms with Gasteiger partial charge in [-0.25, -0.2) is 0 Å². The van der Waals surface area contributed by atoms with Crippen molar-refractivity contribution in [2.45, 2.75) is 31.6 Å². The third-order valence-electron chi connectivity index (χ3n) is 12.7. The first-order chi connectivity index (χ1) is 34.3. The van der Waals surface area contributed by atoms with Crippen LogP contribution in [0.2, 0.25) is 0 Å². The number of nitrogens with one attached hydrogen (secondary N) is 2. The van der Waals surface area contributed by atoms with Crippen molar-refractivity contribution in [1.82, 2.24) is 0 Å². The van der Waals surface area contributed by atoms with Crippen LogP contribution in [0.1, 0.15) is 53.1 Å². The third kappa shape index (κ3) is 19.0. The second kappa shape index (κ2) is 35.2. The zero-order chi connectivity index (χ0) is 51.5. The Morgan fingerprint density at radius 2 is 0.827 bits per heavy atom. The second-order valence-electron chi connectivity index (χ2n) is 17.3. The predicted molar refractivity (Wildman–Crippen MR) is 296 cm³/mol. The van der Waals surface area contributed by atoms with Crippen molar-refractivity contribution in [3.63, 3.8) is 0 Å². The molecule has 386 valence electrons. The first-order valence-electron chi connectivity index (χ1n) is 23.6. The first-order valence-corrected chi connectivity index (χ1v) is 23.6. The van der Waals surface area contributed by atoms with Gasteiger partial charge in [0.15, 0.2) is 0 Å². The van der Waals surface area contributed by atoms with Crippen LogP contribution in [0.25, 0.3) is 0 Å². The summed E-state index contributed by atoms with van der Waals surface area (Å²) in [5, 5.41) is 33.9. The van der Waals surface area contributed by atoms with Crippen molar-refractivity contribution < 1.29 is 163 Å². The monoisotopic (exact) mass is 1250 g/mol. The Morgan fingerprint density at radius 3 is 1.11 bits per heavy atom. The van der Waals surface area contributed by atoms with Gasteiger partial charge in [0.25, 0.3) is 0 Å². The van der Waals surface area contributed by atoms with Crippen molar-refractivity contribution in [3.05, 3.63) is 162 Å². The number of nitrogens with zero attached hydrogens (tertiary/aromatic N) is 9. The number of rotatable bonds is 15. The molecular weight excluding hydrogens is 1180 g/mol. The SMILES string of the molecule is CN(CCC#N)c1ccc(C2N(C)c3ccccc3N2C)cc1.CN(CCC#N)c1ccc(C=O)cc1.CN(CCC(=O)[O-])c1ccc(C2N(C)c3ccccc3N2C)cc1.CNc1ccccc1NC.[Cs+].[Cs+].[OH-].[OH-]. The van der Waals surface area contributed by atoms with E-state index in [-0.39, 0.29) is 167 Å². The molecule has 0 amide bonds. The summed E-state index contributed by atoms with van der Waals surface area (Å²) < 4.78 is 0. The summed E-state index contributed by atoms with van der Waals surface area (Å²) >= 11 is 0. The summed E-state index contributed by atoms with van der Waals surface area (Å²) in [6, 6.07) is 53.4. The number of aliphatic carboxylic acids is 1. The van der Waals surface area contributed by atoms with Crippen LogP contribution in [0.4, 0.5) is 51.2 Å². The molecule has 2 aliphatic heterocycles. The molecule has 0 spiro atoms. The van der Waals surface area contributed by atoms with E-state index in [2.05, 4.69) is 160 Å². The van der Waals surface area contributed by atoms with Gasteiger partial charge in [0.2, 0.25) is 0 Å². The molecule has 18 heteroatoms. The van der Waals surface area contributed by atoms with Crippen molar-refractivity contribution in [2.24, 2.45) is 0 Å². The van der Waals surface area contributed by atoms with E-state index in [1.165, 1.54) is 33.9 Å². The standard InChI is InChI=1S/C19H22N4.C19H23N3O2.C11H12N2O.C8H12N2.2Cs.2H2O/c1-21(14-6-13-20)16-11-9-15(10-12-16)19-22(2)17-7-4-5-8-18(17)23(19)3;1-20(13-12-18(23)24)15-10-8-14(9-11-15)19-21(2)16-6-4-5-7-17(16)22(19)3;1-13(8-2-7-12)11-5-3-10(9-14)4-6-11;1-9-7-5-3-4-6-8(7)10-2;;;;/h4-5,7-12,19H,6,14H2,1-3H3;4-11,19H,12-13H2,1-3H3,(H,23,24);3-6,9H,2,8H2,1H3;3-6,9-10H,1-2H3;;;2*1H2/q;;;;2*+1;;/p-3. The van der Waals surface area contributed by atoms with Crippen LogP contribution in [0.15, 0.2) is 146 Å². The van der Waals surface area contributed by atoms with Crippen LogP contribution in [0.3, 0.4) is 0 Å². The molecular formula is C57H70Cs2N11O5-. The van der Waals surface area contributed by atoms with Gasteiger partial charge < -0.3 is 65.8 Å². The van der Waals surface area contributed by atoms with Gasteiger partial charge in [0.05, 0.1) is 59.1 Å². The number of hydrogen-bond acceptors (Lipinski definition) is 16. The first kappa shape index (κ1) is 68.7. The molecule has 6 aromatic rings. The molecule has 0 unspecified atom stereocenters. The van der Waals surface area contributed by atoms with E-state index in [9.17, 15) is 14.7 Å². The van der Waals surface area contributed by atoms with Crippen molar-refractivity contribution in [1.29, 1.82) is 10.5 Å². The average Bonchev–Trinajstić information content (AvgIpc) is 3.82. The summed E-state index contributed by atoms with van der Waals surface area (Å²) in [4.78, 5) is 36.2. The number of nitriles is 2. The molecule has 0 saturated carbocycles. The fourth-order valence-corrected chi connectivity index (χ4v) is 8.67. The fourth-order valence-electron chi connectivity index (χ4n) is 8.67. The smallest absolute Gasteiger partial charge is 0.870 e. The fraction of sp³-hybridized carbons (Fsp3) is 0.298. The maximum atomic E-state index is 10.6. The molecule has 0 bridgehead atoms. The summed E-state index contributed by atoms with van der Waals surface area (Å²) in [5.41, 5.74) is 13.5. The van der Waals surface area contributed by atoms with E-state index in [0.29, 0.717) is 31.5 Å². The van der Waals surface area contributed by atoms with E-state index in [4.69, 9.17) is 10.5 Å². The normalized spacial score (nSPS) is 11.6. The molecule has 2 aliphatic rings. The van der Waals surface area contributed by atoms with Gasteiger partial charge in [-0.15, -0.1) is 0 Å². The molecule has 2 heterocycles. The molecule has 0 radical (unpaired) electrons. The molecule has 4 N–H and O–H groups in total. The maximum Gasteiger partial charge on any atom is 1.00 e. The number of carbonyl (C=O) groups is 2. The van der Waals surface area contributed by atoms with Crippen LogP contribution < -0.4 is 188 Å². The molecule has 0 atom stereocenters. The van der Waals surface area contributed by atoms with Gasteiger partial charge in [0, 0.05) is 118 Å². The molecule has 0 aliphatic carbocycles. The summed E-state index contributed by atoms with van der Waals surface area (Å²) in [5.74, 6) is -1.02. The number of anilines is 9. The minimum atomic E-state index is -1.02. The second-order valence-corrected chi connectivity index (χ2v) is 17.3. The van der Waals surface area contributed by atoms with Crippen molar-refractivity contribution >= 4 is 63.4 Å². The minimum absolute atomic E-state index is 0. The number of hydrogen-bond donors (Lipinski definition) is 2. The number of carboxylic acid groups (broad SMARTS) is 1. The largest absolute Gasteiger partial charge is 1.00 e. The quantitative estimate of drug-likeness (QED) is 0.142.